The summed E-state index contributed by atoms with van der Waals surface area (Å²) in [5.74, 6) is 0.748. The largest absolute Gasteiger partial charge is 0.384 e. The van der Waals surface area contributed by atoms with Gasteiger partial charge < -0.3 is 9.84 Å². The standard InChI is InChI=1S/C15H25BrN2O2/c1-3-12-5-4-7-15(19,8-6-12)14-13(16)11-17-18(14)9-10-20-2/h11-12,19H,3-10H2,1-2H3. The van der Waals surface area contributed by atoms with Crippen molar-refractivity contribution < 1.29 is 9.84 Å². The highest BCUT2D eigenvalue weighted by atomic mass is 79.9. The fourth-order valence-corrected chi connectivity index (χ4v) is 3.88. The van der Waals surface area contributed by atoms with E-state index in [-0.39, 0.29) is 0 Å². The molecular formula is C15H25BrN2O2. The van der Waals surface area contributed by atoms with Crippen LogP contribution in [0.4, 0.5) is 0 Å². The summed E-state index contributed by atoms with van der Waals surface area (Å²) in [5.41, 5.74) is 0.166. The van der Waals surface area contributed by atoms with E-state index in [4.69, 9.17) is 4.74 Å². The minimum atomic E-state index is -0.757. The molecule has 5 heteroatoms. The predicted molar refractivity (Wildman–Crippen MR) is 82.6 cm³/mol. The first kappa shape index (κ1) is 16.0. The first-order valence-electron chi connectivity index (χ1n) is 7.54. The van der Waals surface area contributed by atoms with Crippen molar-refractivity contribution in [1.29, 1.82) is 0 Å². The second-order valence-electron chi connectivity index (χ2n) is 5.79. The van der Waals surface area contributed by atoms with Crippen LogP contribution in [-0.4, -0.2) is 28.6 Å². The Morgan fingerprint density at radius 2 is 2.30 bits per heavy atom. The number of nitrogens with zero attached hydrogens (tertiary/aromatic N) is 2. The summed E-state index contributed by atoms with van der Waals surface area (Å²) in [6.45, 7) is 3.53. The molecule has 0 aromatic carbocycles. The summed E-state index contributed by atoms with van der Waals surface area (Å²) in [5, 5.41) is 15.5. The molecule has 1 saturated carbocycles. The molecule has 1 N–H and O–H groups in total. The predicted octanol–water partition coefficient (Wildman–Crippen LogP) is 3.47. The molecule has 0 amide bonds. The fourth-order valence-electron chi connectivity index (χ4n) is 3.21. The highest BCUT2D eigenvalue weighted by Crippen LogP contribution is 2.41. The van der Waals surface area contributed by atoms with Gasteiger partial charge in [0.15, 0.2) is 0 Å². The molecule has 1 heterocycles. The lowest BCUT2D eigenvalue weighted by Gasteiger charge is -2.28. The molecule has 1 aromatic rings. The molecule has 0 saturated heterocycles. The van der Waals surface area contributed by atoms with Crippen LogP contribution in [0.5, 0.6) is 0 Å². The van der Waals surface area contributed by atoms with Crippen molar-refractivity contribution in [2.45, 2.75) is 57.6 Å². The summed E-state index contributed by atoms with van der Waals surface area (Å²) in [7, 11) is 1.68. The Morgan fingerprint density at radius 1 is 1.50 bits per heavy atom. The highest BCUT2D eigenvalue weighted by Gasteiger charge is 2.36. The molecule has 2 unspecified atom stereocenters. The third kappa shape index (κ3) is 3.43. The molecule has 0 aliphatic heterocycles. The first-order chi connectivity index (χ1) is 9.60. The zero-order chi connectivity index (χ0) is 14.6. The SMILES string of the molecule is CCC1CCCC(O)(c2c(Br)cnn2CCOC)CC1. The van der Waals surface area contributed by atoms with Gasteiger partial charge in [-0.05, 0) is 47.5 Å². The second kappa shape index (κ2) is 7.05. The van der Waals surface area contributed by atoms with Crippen LogP contribution in [0.15, 0.2) is 10.7 Å². The van der Waals surface area contributed by atoms with Crippen molar-refractivity contribution in [3.8, 4) is 0 Å². The summed E-state index contributed by atoms with van der Waals surface area (Å²) < 4.78 is 7.93. The Bertz CT molecular complexity index is 436. The number of hydrogen-bond donors (Lipinski definition) is 1. The Labute approximate surface area is 129 Å². The summed E-state index contributed by atoms with van der Waals surface area (Å²) in [6, 6.07) is 0. The van der Waals surface area contributed by atoms with Gasteiger partial charge in [-0.15, -0.1) is 0 Å². The van der Waals surface area contributed by atoms with Gasteiger partial charge in [-0.2, -0.15) is 5.10 Å². The monoisotopic (exact) mass is 344 g/mol. The van der Waals surface area contributed by atoms with Gasteiger partial charge in [0.25, 0.3) is 0 Å². The third-order valence-corrected chi connectivity index (χ3v) is 5.07. The van der Waals surface area contributed by atoms with E-state index >= 15 is 0 Å². The van der Waals surface area contributed by atoms with Crippen LogP contribution in [0.2, 0.25) is 0 Å². The molecule has 0 bridgehead atoms. The number of aromatic nitrogens is 2. The minimum Gasteiger partial charge on any atom is -0.384 e. The van der Waals surface area contributed by atoms with E-state index in [0.717, 1.165) is 41.8 Å². The molecule has 114 valence electrons. The van der Waals surface area contributed by atoms with E-state index in [1.54, 1.807) is 13.3 Å². The molecule has 1 aliphatic carbocycles. The zero-order valence-electron chi connectivity index (χ0n) is 12.4. The molecule has 1 fully saturated rings. The van der Waals surface area contributed by atoms with E-state index in [0.29, 0.717) is 13.2 Å². The zero-order valence-corrected chi connectivity index (χ0v) is 14.0. The van der Waals surface area contributed by atoms with E-state index in [9.17, 15) is 5.11 Å². The van der Waals surface area contributed by atoms with Crippen molar-refractivity contribution in [3.63, 3.8) is 0 Å². The third-order valence-electron chi connectivity index (χ3n) is 4.49. The van der Waals surface area contributed by atoms with Gasteiger partial charge >= 0.3 is 0 Å². The van der Waals surface area contributed by atoms with Gasteiger partial charge in [-0.1, -0.05) is 19.8 Å². The number of aliphatic hydroxyl groups is 1. The van der Waals surface area contributed by atoms with Crippen molar-refractivity contribution in [2.75, 3.05) is 13.7 Å². The second-order valence-corrected chi connectivity index (χ2v) is 6.65. The lowest BCUT2D eigenvalue weighted by atomic mass is 9.89. The average molecular weight is 345 g/mol. The number of halogens is 1. The van der Waals surface area contributed by atoms with Gasteiger partial charge in [0.05, 0.1) is 29.5 Å². The van der Waals surface area contributed by atoms with Crippen molar-refractivity contribution in [1.82, 2.24) is 9.78 Å². The molecular weight excluding hydrogens is 320 g/mol. The molecule has 0 spiro atoms. The molecule has 2 rings (SSSR count). The Morgan fingerprint density at radius 3 is 3.00 bits per heavy atom. The molecule has 0 radical (unpaired) electrons. The number of ether oxygens (including phenoxy) is 1. The van der Waals surface area contributed by atoms with Crippen LogP contribution in [-0.2, 0) is 16.9 Å². The number of rotatable bonds is 5. The van der Waals surface area contributed by atoms with E-state index in [1.165, 1.54) is 12.8 Å². The maximum Gasteiger partial charge on any atom is 0.107 e. The summed E-state index contributed by atoms with van der Waals surface area (Å²) in [6.07, 6.45) is 8.03. The van der Waals surface area contributed by atoms with Gasteiger partial charge in [-0.3, -0.25) is 4.68 Å². The van der Waals surface area contributed by atoms with Crippen molar-refractivity contribution >= 4 is 15.9 Å². The summed E-state index contributed by atoms with van der Waals surface area (Å²) >= 11 is 3.55. The van der Waals surface area contributed by atoms with Crippen LogP contribution in [0, 0.1) is 5.92 Å². The Balaban J connectivity index is 2.22. The van der Waals surface area contributed by atoms with Crippen molar-refractivity contribution in [3.05, 3.63) is 16.4 Å². The molecule has 20 heavy (non-hydrogen) atoms. The number of hydrogen-bond acceptors (Lipinski definition) is 3. The van der Waals surface area contributed by atoms with Crippen molar-refractivity contribution in [2.24, 2.45) is 5.92 Å². The molecule has 4 nitrogen and oxygen atoms in total. The van der Waals surface area contributed by atoms with Crippen LogP contribution < -0.4 is 0 Å². The maximum atomic E-state index is 11.2. The van der Waals surface area contributed by atoms with Gasteiger partial charge in [0, 0.05) is 7.11 Å². The maximum absolute atomic E-state index is 11.2. The lowest BCUT2D eigenvalue weighted by Crippen LogP contribution is -2.30. The Kier molecular flexibility index (Phi) is 5.64. The molecule has 1 aliphatic rings. The number of methoxy groups -OCH3 is 1. The smallest absolute Gasteiger partial charge is 0.107 e. The first-order valence-corrected chi connectivity index (χ1v) is 8.33. The van der Waals surface area contributed by atoms with Gasteiger partial charge in [0.2, 0.25) is 0 Å². The van der Waals surface area contributed by atoms with E-state index < -0.39 is 5.60 Å². The molecule has 1 aromatic heterocycles. The normalized spacial score (nSPS) is 27.5. The molecule has 2 atom stereocenters. The fraction of sp³-hybridized carbons (Fsp3) is 0.800. The van der Waals surface area contributed by atoms with Crippen LogP contribution >= 0.6 is 15.9 Å². The van der Waals surface area contributed by atoms with Crippen LogP contribution in [0.3, 0.4) is 0 Å². The van der Waals surface area contributed by atoms with Gasteiger partial charge in [-0.25, -0.2) is 0 Å². The summed E-state index contributed by atoms with van der Waals surface area (Å²) in [4.78, 5) is 0. The lowest BCUT2D eigenvalue weighted by molar-refractivity contribution is 0.00893. The topological polar surface area (TPSA) is 47.3 Å². The highest BCUT2D eigenvalue weighted by molar-refractivity contribution is 9.10. The quantitative estimate of drug-likeness (QED) is 0.832. The Hall–Kier alpha value is -0.390. The van der Waals surface area contributed by atoms with E-state index in [1.807, 2.05) is 4.68 Å². The van der Waals surface area contributed by atoms with Crippen LogP contribution in [0.25, 0.3) is 0 Å². The minimum absolute atomic E-state index is 0.606. The average Bonchev–Trinajstić information content (AvgIpc) is 2.70. The van der Waals surface area contributed by atoms with Crippen LogP contribution in [0.1, 0.15) is 51.1 Å². The van der Waals surface area contributed by atoms with E-state index in [2.05, 4.69) is 28.0 Å². The van der Waals surface area contributed by atoms with Gasteiger partial charge in [0.1, 0.15) is 5.60 Å².